The average Bonchev–Trinajstić information content (AvgIpc) is 3.63. The summed E-state index contributed by atoms with van der Waals surface area (Å²) in [5.41, 5.74) is 0.696. The first-order valence-corrected chi connectivity index (χ1v) is 16.6. The molecule has 3 amide bonds. The second-order valence-corrected chi connectivity index (χ2v) is 13.4. The zero-order chi connectivity index (χ0) is 33.3. The Hall–Kier alpha value is -5.23. The Labute approximate surface area is 272 Å². The Balaban J connectivity index is 1.24. The lowest BCUT2D eigenvalue weighted by Gasteiger charge is -2.25. The van der Waals surface area contributed by atoms with Crippen molar-refractivity contribution in [3.8, 4) is 22.8 Å². The molecule has 0 radical (unpaired) electrons. The first-order chi connectivity index (χ1) is 22.5. The van der Waals surface area contributed by atoms with Gasteiger partial charge in [-0.15, -0.1) is 6.58 Å². The predicted octanol–water partition coefficient (Wildman–Crippen LogP) is 3.84. The Morgan fingerprint density at radius 3 is 2.36 bits per heavy atom. The molecule has 1 aromatic heterocycles. The van der Waals surface area contributed by atoms with Crippen LogP contribution in [0.2, 0.25) is 0 Å². The van der Waals surface area contributed by atoms with E-state index >= 15 is 0 Å². The summed E-state index contributed by atoms with van der Waals surface area (Å²) in [6.45, 7) is 5.24. The molecule has 47 heavy (non-hydrogen) atoms. The minimum absolute atomic E-state index is 0.0818. The highest BCUT2D eigenvalue weighted by Crippen LogP contribution is 2.45. The summed E-state index contributed by atoms with van der Waals surface area (Å²) in [6.07, 6.45) is 1.25. The lowest BCUT2D eigenvalue weighted by Crippen LogP contribution is -2.56. The number of pyridine rings is 1. The second kappa shape index (κ2) is 12.5. The fraction of sp³-hybridized carbons (Fsp3) is 0.257. The van der Waals surface area contributed by atoms with Gasteiger partial charge in [-0.1, -0.05) is 54.6 Å². The Bertz CT molecular complexity index is 1970. The molecule has 2 aliphatic rings. The molecule has 4 aromatic rings. The molecular formula is C35H34N4O7S. The van der Waals surface area contributed by atoms with Crippen molar-refractivity contribution in [1.82, 2.24) is 19.9 Å². The molecule has 3 aromatic carbocycles. The van der Waals surface area contributed by atoms with Crippen LogP contribution in [0.1, 0.15) is 19.8 Å². The van der Waals surface area contributed by atoms with Crippen molar-refractivity contribution in [2.75, 3.05) is 13.7 Å². The molecule has 1 aliphatic carbocycles. The van der Waals surface area contributed by atoms with Crippen LogP contribution in [0.3, 0.4) is 0 Å². The van der Waals surface area contributed by atoms with Crippen molar-refractivity contribution >= 4 is 38.6 Å². The third-order valence-electron chi connectivity index (χ3n) is 8.64. The Morgan fingerprint density at radius 2 is 1.72 bits per heavy atom. The van der Waals surface area contributed by atoms with Gasteiger partial charge in [-0.3, -0.25) is 14.4 Å². The van der Waals surface area contributed by atoms with Gasteiger partial charge in [-0.2, -0.15) is 0 Å². The number of ether oxygens (including phenoxy) is 2. The smallest absolute Gasteiger partial charge is 0.264 e. The standard InChI is InChI=1S/C35H34N4O7S/c1-4-24-20-35(24,34(42)38-47(43,44)27-13-9-6-10-14-27)37-33(41)31-18-26(21-39(31)22(2)40)46-32-19-29(23-11-7-5-8-12-23)36-30-17-25(45-3)15-16-28(30)32/h4-17,19,24,26,31H,1,18,20-21H2,2-3H3,(H,37,41)(H,38,42). The largest absolute Gasteiger partial charge is 0.497 e. The monoisotopic (exact) mass is 654 g/mol. The number of hydrogen-bond acceptors (Lipinski definition) is 8. The van der Waals surface area contributed by atoms with Crippen molar-refractivity contribution in [3.05, 3.63) is 97.6 Å². The van der Waals surface area contributed by atoms with E-state index in [-0.39, 0.29) is 30.2 Å². The van der Waals surface area contributed by atoms with E-state index < -0.39 is 45.4 Å². The minimum Gasteiger partial charge on any atom is -0.497 e. The number of rotatable bonds is 10. The number of methoxy groups -OCH3 is 1. The van der Waals surface area contributed by atoms with Crippen molar-refractivity contribution in [3.63, 3.8) is 0 Å². The van der Waals surface area contributed by atoms with Crippen LogP contribution in [-0.2, 0) is 24.4 Å². The number of nitrogens with zero attached hydrogens (tertiary/aromatic N) is 2. The van der Waals surface area contributed by atoms with E-state index in [1.807, 2.05) is 48.5 Å². The van der Waals surface area contributed by atoms with Gasteiger partial charge in [0, 0.05) is 42.3 Å². The minimum atomic E-state index is -4.19. The van der Waals surface area contributed by atoms with Gasteiger partial charge in [0.25, 0.3) is 15.9 Å². The highest BCUT2D eigenvalue weighted by atomic mass is 32.2. The van der Waals surface area contributed by atoms with E-state index in [0.29, 0.717) is 22.7 Å². The first kappa shape index (κ1) is 31.7. The van der Waals surface area contributed by atoms with Crippen LogP contribution in [-0.4, -0.2) is 67.4 Å². The number of sulfonamides is 1. The van der Waals surface area contributed by atoms with Gasteiger partial charge < -0.3 is 19.7 Å². The fourth-order valence-electron chi connectivity index (χ4n) is 6.03. The van der Waals surface area contributed by atoms with E-state index in [0.717, 1.165) is 10.9 Å². The lowest BCUT2D eigenvalue weighted by molar-refractivity contribution is -0.138. The number of fused-ring (bicyclic) bond motifs is 1. The summed E-state index contributed by atoms with van der Waals surface area (Å²) < 4.78 is 39.8. The van der Waals surface area contributed by atoms with Crippen molar-refractivity contribution < 1.29 is 32.3 Å². The molecule has 2 heterocycles. The highest BCUT2D eigenvalue weighted by molar-refractivity contribution is 7.90. The van der Waals surface area contributed by atoms with Gasteiger partial charge >= 0.3 is 0 Å². The molecule has 1 aliphatic heterocycles. The van der Waals surface area contributed by atoms with Gasteiger partial charge in [-0.05, 0) is 30.7 Å². The van der Waals surface area contributed by atoms with Crippen molar-refractivity contribution in [2.24, 2.45) is 5.92 Å². The molecule has 1 saturated carbocycles. The number of nitrogens with one attached hydrogen (secondary N) is 2. The quantitative estimate of drug-likeness (QED) is 0.246. The predicted molar refractivity (Wildman–Crippen MR) is 175 cm³/mol. The summed E-state index contributed by atoms with van der Waals surface area (Å²) in [5, 5.41) is 3.50. The van der Waals surface area contributed by atoms with Gasteiger partial charge in [0.05, 0.1) is 29.8 Å². The van der Waals surface area contributed by atoms with Crippen LogP contribution in [0, 0.1) is 5.92 Å². The van der Waals surface area contributed by atoms with Gasteiger partial charge in [0.1, 0.15) is 29.2 Å². The average molecular weight is 655 g/mol. The SMILES string of the molecule is C=CC1CC1(NC(=O)C1CC(Oc2cc(-c3ccccc3)nc3cc(OC)ccc23)CN1C(C)=O)C(=O)NS(=O)(=O)c1ccccc1. The summed E-state index contributed by atoms with van der Waals surface area (Å²) in [5.74, 6) is -1.12. The van der Waals surface area contributed by atoms with E-state index in [1.165, 1.54) is 30.0 Å². The van der Waals surface area contributed by atoms with Gasteiger partial charge in [-0.25, -0.2) is 18.1 Å². The number of hydrogen-bond donors (Lipinski definition) is 2. The highest BCUT2D eigenvalue weighted by Gasteiger charge is 2.61. The lowest BCUT2D eigenvalue weighted by atomic mass is 10.1. The molecule has 2 fully saturated rings. The molecular weight excluding hydrogens is 620 g/mol. The molecule has 4 atom stereocenters. The van der Waals surface area contributed by atoms with Crippen molar-refractivity contribution in [2.45, 2.75) is 42.3 Å². The van der Waals surface area contributed by atoms with Gasteiger partial charge in [0.15, 0.2) is 0 Å². The summed E-state index contributed by atoms with van der Waals surface area (Å²) in [7, 11) is -2.61. The van der Waals surface area contributed by atoms with Crippen LogP contribution < -0.4 is 19.5 Å². The summed E-state index contributed by atoms with van der Waals surface area (Å²) >= 11 is 0. The van der Waals surface area contributed by atoms with Crippen LogP contribution >= 0.6 is 0 Å². The molecule has 0 bridgehead atoms. The molecule has 6 rings (SSSR count). The first-order valence-electron chi connectivity index (χ1n) is 15.1. The van der Waals surface area contributed by atoms with Crippen LogP contribution in [0.25, 0.3) is 22.2 Å². The van der Waals surface area contributed by atoms with Crippen LogP contribution in [0.15, 0.2) is 102 Å². The summed E-state index contributed by atoms with van der Waals surface area (Å²) in [6, 6.07) is 23.5. The maximum absolute atomic E-state index is 13.8. The van der Waals surface area contributed by atoms with E-state index in [4.69, 9.17) is 14.5 Å². The number of likely N-dealkylation sites (tertiary alicyclic amines) is 1. The maximum atomic E-state index is 13.8. The molecule has 1 saturated heterocycles. The molecule has 4 unspecified atom stereocenters. The number of benzene rings is 3. The third kappa shape index (κ3) is 6.28. The normalized spacial score (nSPS) is 21.9. The zero-order valence-electron chi connectivity index (χ0n) is 25.9. The fourth-order valence-corrected chi connectivity index (χ4v) is 7.08. The van der Waals surface area contributed by atoms with E-state index in [9.17, 15) is 22.8 Å². The number of aromatic nitrogens is 1. The van der Waals surface area contributed by atoms with Gasteiger partial charge in [0.2, 0.25) is 11.8 Å². The topological polar surface area (TPSA) is 144 Å². The van der Waals surface area contributed by atoms with Crippen LogP contribution in [0.5, 0.6) is 11.5 Å². The number of carbonyl (C=O) groups is 3. The third-order valence-corrected chi connectivity index (χ3v) is 9.99. The van der Waals surface area contributed by atoms with E-state index in [1.54, 1.807) is 31.4 Å². The Morgan fingerprint density at radius 1 is 1.02 bits per heavy atom. The van der Waals surface area contributed by atoms with Crippen LogP contribution in [0.4, 0.5) is 0 Å². The zero-order valence-corrected chi connectivity index (χ0v) is 26.7. The summed E-state index contributed by atoms with van der Waals surface area (Å²) in [4.78, 5) is 46.1. The number of carbonyl (C=O) groups excluding carboxylic acids is 3. The molecule has 0 spiro atoms. The second-order valence-electron chi connectivity index (χ2n) is 11.7. The van der Waals surface area contributed by atoms with E-state index in [2.05, 4.69) is 16.6 Å². The molecule has 11 nitrogen and oxygen atoms in total. The maximum Gasteiger partial charge on any atom is 0.264 e. The van der Waals surface area contributed by atoms with Crippen molar-refractivity contribution in [1.29, 1.82) is 0 Å². The molecule has 242 valence electrons. The molecule has 12 heteroatoms. The Kier molecular flexibility index (Phi) is 8.45. The number of amides is 3. The molecule has 2 N–H and O–H groups in total.